The highest BCUT2D eigenvalue weighted by molar-refractivity contribution is 7.47. The predicted octanol–water partition coefficient (Wildman–Crippen LogP) is 16.9. The van der Waals surface area contributed by atoms with Crippen LogP contribution in [0, 0.1) is 0 Å². The number of carbonyl (C=O) groups excluding carboxylic acids is 2. The first-order valence-corrected chi connectivity index (χ1v) is 29.8. The van der Waals surface area contributed by atoms with Gasteiger partial charge in [-0.1, -0.05) is 216 Å². The van der Waals surface area contributed by atoms with Crippen molar-refractivity contribution in [3.63, 3.8) is 0 Å². The van der Waals surface area contributed by atoms with Gasteiger partial charge in [-0.15, -0.1) is 0 Å². The number of hydrogen-bond acceptors (Lipinski definition) is 6. The second kappa shape index (κ2) is 49.0. The molecule has 0 aliphatic rings. The van der Waals surface area contributed by atoms with Gasteiger partial charge in [-0.3, -0.25) is 18.6 Å². The van der Waals surface area contributed by atoms with Crippen molar-refractivity contribution in [2.45, 2.75) is 251 Å². The van der Waals surface area contributed by atoms with Crippen LogP contribution in [0.25, 0.3) is 0 Å². The van der Waals surface area contributed by atoms with Crippen molar-refractivity contribution in [2.24, 2.45) is 0 Å². The van der Waals surface area contributed by atoms with Gasteiger partial charge in [-0.05, 0) is 83.1 Å². The lowest BCUT2D eigenvalue weighted by Gasteiger charge is -2.27. The van der Waals surface area contributed by atoms with Crippen molar-refractivity contribution in [3.8, 4) is 0 Å². The van der Waals surface area contributed by atoms with Crippen LogP contribution in [0.15, 0.2) is 72.9 Å². The maximum absolute atomic E-state index is 13.5. The molecule has 0 heterocycles. The summed E-state index contributed by atoms with van der Waals surface area (Å²) in [6, 6.07) is -0.862. The quantitative estimate of drug-likeness (QED) is 0.0156. The zero-order chi connectivity index (χ0) is 50.8. The third-order valence-electron chi connectivity index (χ3n) is 12.2. The van der Waals surface area contributed by atoms with Crippen LogP contribution in [0.3, 0.4) is 0 Å². The molecule has 9 nitrogen and oxygen atoms in total. The van der Waals surface area contributed by atoms with Crippen molar-refractivity contribution < 1.29 is 37.3 Å². The van der Waals surface area contributed by atoms with Crippen LogP contribution in [0.5, 0.6) is 0 Å². The summed E-state index contributed by atoms with van der Waals surface area (Å²) in [6.45, 7) is 6.83. The van der Waals surface area contributed by atoms with E-state index in [9.17, 15) is 19.0 Å². The van der Waals surface area contributed by atoms with E-state index in [4.69, 9.17) is 13.8 Å². The maximum atomic E-state index is 13.5. The van der Waals surface area contributed by atoms with Crippen molar-refractivity contribution in [3.05, 3.63) is 72.9 Å². The van der Waals surface area contributed by atoms with E-state index in [2.05, 4.69) is 86.8 Å². The van der Waals surface area contributed by atoms with Gasteiger partial charge >= 0.3 is 13.8 Å². The molecule has 3 atom stereocenters. The van der Waals surface area contributed by atoms with Crippen LogP contribution in [0.4, 0.5) is 0 Å². The van der Waals surface area contributed by atoms with Crippen LogP contribution in [-0.2, 0) is 27.9 Å². The summed E-state index contributed by atoms with van der Waals surface area (Å²) in [6.07, 6.45) is 61.8. The lowest BCUT2D eigenvalue weighted by Crippen LogP contribution is -2.47. The molecule has 0 bridgehead atoms. The Morgan fingerprint density at radius 1 is 0.536 bits per heavy atom. The van der Waals surface area contributed by atoms with E-state index in [1.165, 1.54) is 103 Å². The Bertz CT molecular complexity index is 1420. The van der Waals surface area contributed by atoms with Gasteiger partial charge in [0.15, 0.2) is 0 Å². The number of quaternary nitrogens is 1. The number of hydrogen-bond donors (Lipinski definition) is 2. The smallest absolute Gasteiger partial charge is 0.456 e. The van der Waals surface area contributed by atoms with Gasteiger partial charge in [-0.2, -0.15) is 0 Å². The molecule has 2 N–H and O–H groups in total. The summed E-state index contributed by atoms with van der Waals surface area (Å²) in [4.78, 5) is 37.5. The predicted molar refractivity (Wildman–Crippen MR) is 295 cm³/mol. The number of phosphoric acid groups is 1. The highest BCUT2D eigenvalue weighted by Crippen LogP contribution is 2.43. The lowest BCUT2D eigenvalue weighted by molar-refractivity contribution is -0.870. The highest BCUT2D eigenvalue weighted by atomic mass is 31.2. The number of ether oxygens (including phenoxy) is 1. The fourth-order valence-electron chi connectivity index (χ4n) is 7.79. The Labute approximate surface area is 425 Å². The van der Waals surface area contributed by atoms with E-state index in [0.29, 0.717) is 23.9 Å². The SMILES string of the molecule is CC/C=C/C=C/C=C\CCCCCCCC(=O)OC(/C=C\CCCCCCCCCCCCC)C(COP(=O)(O)OCC[N+](C)(C)C)NC(=O)CCCCCCCCC/C=C\C/C=C\CCCCC. The van der Waals surface area contributed by atoms with Crippen LogP contribution in [0.2, 0.25) is 0 Å². The molecule has 0 aliphatic carbocycles. The molecule has 1 amide bonds. The number of nitrogens with one attached hydrogen (secondary N) is 1. The van der Waals surface area contributed by atoms with E-state index in [0.717, 1.165) is 96.3 Å². The summed E-state index contributed by atoms with van der Waals surface area (Å²) in [5, 5.41) is 3.04. The first-order valence-electron chi connectivity index (χ1n) is 28.3. The number of likely N-dealkylation sites (N-methyl/N-ethyl adjacent to an activating group) is 1. The Hall–Kier alpha value is -2.55. The molecule has 0 aromatic heterocycles. The van der Waals surface area contributed by atoms with Crippen molar-refractivity contribution >= 4 is 19.7 Å². The fraction of sp³-hybridized carbons (Fsp3) is 0.763. The average Bonchev–Trinajstić information content (AvgIpc) is 3.31. The molecule has 400 valence electrons. The summed E-state index contributed by atoms with van der Waals surface area (Å²) in [5.74, 6) is -0.540. The molecule has 0 aromatic rings. The van der Waals surface area contributed by atoms with Crippen LogP contribution in [0.1, 0.15) is 239 Å². The molecular weight excluding hydrogens is 880 g/mol. The van der Waals surface area contributed by atoms with Crippen molar-refractivity contribution in [1.29, 1.82) is 0 Å². The molecule has 0 spiro atoms. The molecule has 0 aliphatic heterocycles. The molecule has 0 saturated heterocycles. The Morgan fingerprint density at radius 2 is 0.986 bits per heavy atom. The number of phosphoric ester groups is 1. The van der Waals surface area contributed by atoms with Gasteiger partial charge in [0.05, 0.1) is 33.8 Å². The zero-order valence-corrected chi connectivity index (χ0v) is 46.4. The summed E-state index contributed by atoms with van der Waals surface area (Å²) in [7, 11) is 1.47. The number of esters is 1. The van der Waals surface area contributed by atoms with Crippen LogP contribution < -0.4 is 5.32 Å². The van der Waals surface area contributed by atoms with E-state index in [-0.39, 0.29) is 31.5 Å². The Kier molecular flexibility index (Phi) is 47.2. The van der Waals surface area contributed by atoms with Gasteiger partial charge in [-0.25, -0.2) is 4.57 Å². The topological polar surface area (TPSA) is 111 Å². The average molecular weight is 988 g/mol. The molecule has 0 radical (unpaired) electrons. The third kappa shape index (κ3) is 50.2. The molecule has 0 rings (SSSR count). The summed E-state index contributed by atoms with van der Waals surface area (Å²) >= 11 is 0. The van der Waals surface area contributed by atoms with Crippen LogP contribution in [-0.4, -0.2) is 74.3 Å². The summed E-state index contributed by atoms with van der Waals surface area (Å²) in [5.41, 5.74) is 0. The number of amides is 1. The Balaban J connectivity index is 5.41. The minimum absolute atomic E-state index is 0.0325. The Morgan fingerprint density at radius 3 is 1.52 bits per heavy atom. The molecule has 3 unspecified atom stereocenters. The number of unbranched alkanes of at least 4 members (excludes halogenated alkanes) is 26. The monoisotopic (exact) mass is 988 g/mol. The van der Waals surface area contributed by atoms with Gasteiger partial charge < -0.3 is 19.4 Å². The second-order valence-electron chi connectivity index (χ2n) is 20.1. The maximum Gasteiger partial charge on any atom is 0.472 e. The van der Waals surface area contributed by atoms with Gasteiger partial charge in [0.1, 0.15) is 19.3 Å². The molecular formula is C59H108N2O7P+. The fourth-order valence-corrected chi connectivity index (χ4v) is 8.53. The number of rotatable bonds is 50. The molecule has 0 aromatic carbocycles. The van der Waals surface area contributed by atoms with Crippen molar-refractivity contribution in [1.82, 2.24) is 5.32 Å². The molecule has 10 heteroatoms. The van der Waals surface area contributed by atoms with Crippen molar-refractivity contribution in [2.75, 3.05) is 40.9 Å². The highest BCUT2D eigenvalue weighted by Gasteiger charge is 2.30. The first-order chi connectivity index (χ1) is 33.4. The second-order valence-corrected chi connectivity index (χ2v) is 21.6. The minimum atomic E-state index is -4.45. The molecule has 69 heavy (non-hydrogen) atoms. The zero-order valence-electron chi connectivity index (χ0n) is 45.5. The number of nitrogens with zero attached hydrogens (tertiary/aromatic N) is 1. The third-order valence-corrected chi connectivity index (χ3v) is 13.2. The van der Waals surface area contributed by atoms with Crippen LogP contribution >= 0.6 is 7.82 Å². The first kappa shape index (κ1) is 66.5. The van der Waals surface area contributed by atoms with Gasteiger partial charge in [0, 0.05) is 12.8 Å². The van der Waals surface area contributed by atoms with Gasteiger partial charge in [0.2, 0.25) is 5.91 Å². The van der Waals surface area contributed by atoms with E-state index in [1.54, 1.807) is 0 Å². The lowest BCUT2D eigenvalue weighted by atomic mass is 10.0. The van der Waals surface area contributed by atoms with E-state index in [1.807, 2.05) is 33.3 Å². The standard InChI is InChI=1S/C59H107N2O7P/c1-7-10-13-16-19-22-25-28-29-30-31-34-36-39-42-45-48-51-58(62)60-56(55-67-69(64,65)66-54-53-61(4,5)6)57(50-47-44-41-38-35-32-26-23-20-17-14-11-8-2)68-59(63)52-49-46-43-40-37-33-27-24-21-18-15-12-9-3/h12,15,18-19,21-22,24,27-29,47,50,56-57H,7-11,13-14,16-17,20,23,25-26,30-46,48-49,51-55H2,1-6H3,(H-,60,62,64,65)/p+1/b15-12+,21-18+,22-19-,27-24-,29-28-,50-47-. The minimum Gasteiger partial charge on any atom is -0.456 e. The van der Waals surface area contributed by atoms with Gasteiger partial charge in [0.25, 0.3) is 0 Å². The van der Waals surface area contributed by atoms with E-state index < -0.39 is 20.0 Å². The molecule has 0 fully saturated rings. The normalized spacial score (nSPS) is 14.4. The number of allylic oxidation sites excluding steroid dienone is 11. The van der Waals surface area contributed by atoms with E-state index >= 15 is 0 Å². The molecule has 0 saturated carbocycles. The number of carbonyl (C=O) groups is 2. The summed E-state index contributed by atoms with van der Waals surface area (Å²) < 4.78 is 30.6. The largest absolute Gasteiger partial charge is 0.472 e.